The average molecular weight is 308 g/mol. The van der Waals surface area contributed by atoms with Crippen molar-refractivity contribution in [3.8, 4) is 0 Å². The van der Waals surface area contributed by atoms with Gasteiger partial charge in [0.15, 0.2) is 8.32 Å². The molecular formula is C20H24OSi. The van der Waals surface area contributed by atoms with Gasteiger partial charge in [-0.25, -0.2) is 0 Å². The first-order chi connectivity index (χ1) is 10.6. The van der Waals surface area contributed by atoms with Crippen LogP contribution in [0.15, 0.2) is 60.7 Å². The third-order valence-electron chi connectivity index (χ3n) is 4.28. The molecule has 1 aliphatic rings. The normalized spacial score (nSPS) is 21.5. The van der Waals surface area contributed by atoms with E-state index in [-0.39, 0.29) is 6.10 Å². The zero-order valence-electron chi connectivity index (χ0n) is 13.5. The van der Waals surface area contributed by atoms with Crippen LogP contribution in [0.5, 0.6) is 0 Å². The first-order valence-corrected chi connectivity index (χ1v) is 11.3. The van der Waals surface area contributed by atoms with E-state index in [9.17, 15) is 0 Å². The van der Waals surface area contributed by atoms with Gasteiger partial charge in [0, 0.05) is 0 Å². The Morgan fingerprint density at radius 2 is 1.64 bits per heavy atom. The monoisotopic (exact) mass is 308 g/mol. The summed E-state index contributed by atoms with van der Waals surface area (Å²) in [7, 11) is -1.51. The van der Waals surface area contributed by atoms with Crippen molar-refractivity contribution in [2.45, 2.75) is 38.1 Å². The molecule has 1 aliphatic heterocycles. The largest absolute Gasteiger partial charge is 0.410 e. The number of rotatable bonds is 3. The van der Waals surface area contributed by atoms with E-state index in [4.69, 9.17) is 4.43 Å². The highest BCUT2D eigenvalue weighted by atomic mass is 28.4. The summed E-state index contributed by atoms with van der Waals surface area (Å²) in [6, 6.07) is 22.5. The molecule has 3 rings (SSSR count). The van der Waals surface area contributed by atoms with Crippen molar-refractivity contribution in [3.05, 3.63) is 71.8 Å². The molecule has 0 saturated carbocycles. The van der Waals surface area contributed by atoms with E-state index in [0.29, 0.717) is 0 Å². The fourth-order valence-electron chi connectivity index (χ4n) is 3.16. The summed E-state index contributed by atoms with van der Waals surface area (Å²) < 4.78 is 6.53. The summed E-state index contributed by atoms with van der Waals surface area (Å²) in [5.41, 5.74) is 3.85. The van der Waals surface area contributed by atoms with Crippen molar-refractivity contribution in [1.29, 1.82) is 0 Å². The summed E-state index contributed by atoms with van der Waals surface area (Å²) in [5, 5.41) is 0. The van der Waals surface area contributed by atoms with Gasteiger partial charge in [0.05, 0.1) is 6.10 Å². The zero-order valence-corrected chi connectivity index (χ0v) is 14.5. The maximum absolute atomic E-state index is 6.53. The standard InChI is InChI=1S/C20H24OSi/c1-22(2)15-9-14-20(21-22)19(18-12-7-4-8-13-18)16-17-10-5-3-6-11-17/h3-8,10-13,16,20H,9,14-15H2,1-2H3/b19-16-. The van der Waals surface area contributed by atoms with Crippen molar-refractivity contribution >= 4 is 20.0 Å². The van der Waals surface area contributed by atoms with E-state index in [2.05, 4.69) is 79.8 Å². The van der Waals surface area contributed by atoms with E-state index in [1.165, 1.54) is 29.2 Å². The molecule has 0 N–H and O–H groups in total. The highest BCUT2D eigenvalue weighted by Crippen LogP contribution is 2.34. The van der Waals surface area contributed by atoms with Crippen molar-refractivity contribution in [1.82, 2.24) is 0 Å². The van der Waals surface area contributed by atoms with E-state index in [1.54, 1.807) is 0 Å². The zero-order chi connectivity index (χ0) is 15.4. The second kappa shape index (κ2) is 6.63. The van der Waals surface area contributed by atoms with Crippen LogP contribution in [0.4, 0.5) is 0 Å². The third kappa shape index (κ3) is 3.76. The quantitative estimate of drug-likeness (QED) is 0.529. The summed E-state index contributed by atoms with van der Waals surface area (Å²) in [6.07, 6.45) is 4.95. The van der Waals surface area contributed by atoms with Crippen molar-refractivity contribution in [3.63, 3.8) is 0 Å². The minimum atomic E-state index is -1.51. The van der Waals surface area contributed by atoms with Gasteiger partial charge in [-0.3, -0.25) is 0 Å². The lowest BCUT2D eigenvalue weighted by Crippen LogP contribution is -2.39. The lowest BCUT2D eigenvalue weighted by atomic mass is 9.95. The molecule has 1 atom stereocenters. The molecule has 0 aromatic heterocycles. The van der Waals surface area contributed by atoms with Crippen LogP contribution in [0.2, 0.25) is 19.1 Å². The molecule has 2 aromatic carbocycles. The van der Waals surface area contributed by atoms with E-state index < -0.39 is 8.32 Å². The predicted molar refractivity (Wildman–Crippen MR) is 97.2 cm³/mol. The molecule has 1 heterocycles. The second-order valence-corrected chi connectivity index (χ2v) is 10.9. The molecule has 1 saturated heterocycles. The smallest absolute Gasteiger partial charge is 0.187 e. The Bertz CT molecular complexity index is 631. The summed E-state index contributed by atoms with van der Waals surface area (Å²) in [4.78, 5) is 0. The summed E-state index contributed by atoms with van der Waals surface area (Å²) in [5.74, 6) is 0. The predicted octanol–water partition coefficient (Wildman–Crippen LogP) is 5.61. The molecule has 0 amide bonds. The lowest BCUT2D eigenvalue weighted by Gasteiger charge is -2.36. The van der Waals surface area contributed by atoms with Crippen LogP contribution in [0, 0.1) is 0 Å². The van der Waals surface area contributed by atoms with Gasteiger partial charge in [0.1, 0.15) is 0 Å². The van der Waals surface area contributed by atoms with Crippen molar-refractivity contribution < 1.29 is 4.43 Å². The first-order valence-electron chi connectivity index (χ1n) is 8.14. The molecule has 2 heteroatoms. The van der Waals surface area contributed by atoms with Gasteiger partial charge in [-0.05, 0) is 48.3 Å². The van der Waals surface area contributed by atoms with Crippen LogP contribution in [-0.4, -0.2) is 14.4 Å². The Kier molecular flexibility index (Phi) is 4.60. The van der Waals surface area contributed by atoms with Crippen LogP contribution in [0.25, 0.3) is 11.6 Å². The number of benzene rings is 2. The molecule has 0 radical (unpaired) electrons. The van der Waals surface area contributed by atoms with Gasteiger partial charge < -0.3 is 4.43 Å². The topological polar surface area (TPSA) is 9.23 Å². The fraction of sp³-hybridized carbons (Fsp3) is 0.300. The Morgan fingerprint density at radius 1 is 1.00 bits per heavy atom. The van der Waals surface area contributed by atoms with E-state index in [0.717, 1.165) is 6.42 Å². The SMILES string of the molecule is C[Si]1(C)CCCC(/C(=C\c2ccccc2)c2ccccc2)O1. The summed E-state index contributed by atoms with van der Waals surface area (Å²) in [6.45, 7) is 4.68. The Balaban J connectivity index is 1.98. The molecule has 0 aliphatic carbocycles. The van der Waals surface area contributed by atoms with Crippen molar-refractivity contribution in [2.24, 2.45) is 0 Å². The molecular weight excluding hydrogens is 284 g/mol. The minimum absolute atomic E-state index is 0.234. The number of hydrogen-bond acceptors (Lipinski definition) is 1. The van der Waals surface area contributed by atoms with Crippen LogP contribution >= 0.6 is 0 Å². The molecule has 2 aromatic rings. The van der Waals surface area contributed by atoms with Gasteiger partial charge in [0.2, 0.25) is 0 Å². The molecule has 1 unspecified atom stereocenters. The minimum Gasteiger partial charge on any atom is -0.410 e. The maximum Gasteiger partial charge on any atom is 0.187 e. The maximum atomic E-state index is 6.53. The van der Waals surface area contributed by atoms with Gasteiger partial charge in [0.25, 0.3) is 0 Å². The Hall–Kier alpha value is -1.64. The molecule has 114 valence electrons. The van der Waals surface area contributed by atoms with Gasteiger partial charge >= 0.3 is 0 Å². The van der Waals surface area contributed by atoms with Crippen LogP contribution in [-0.2, 0) is 4.43 Å². The highest BCUT2D eigenvalue weighted by Gasteiger charge is 2.32. The van der Waals surface area contributed by atoms with Crippen molar-refractivity contribution in [2.75, 3.05) is 0 Å². The third-order valence-corrected chi connectivity index (χ3v) is 6.76. The van der Waals surface area contributed by atoms with Crippen LogP contribution in [0.1, 0.15) is 24.0 Å². The second-order valence-electron chi connectivity index (χ2n) is 6.63. The molecule has 1 fully saturated rings. The molecule has 1 nitrogen and oxygen atoms in total. The average Bonchev–Trinajstić information content (AvgIpc) is 2.53. The van der Waals surface area contributed by atoms with E-state index >= 15 is 0 Å². The highest BCUT2D eigenvalue weighted by molar-refractivity contribution is 6.71. The summed E-state index contributed by atoms with van der Waals surface area (Å²) >= 11 is 0. The molecule has 0 spiro atoms. The number of hydrogen-bond donors (Lipinski definition) is 0. The lowest BCUT2D eigenvalue weighted by molar-refractivity contribution is 0.215. The fourth-order valence-corrected chi connectivity index (χ4v) is 5.35. The van der Waals surface area contributed by atoms with E-state index in [1.807, 2.05) is 0 Å². The van der Waals surface area contributed by atoms with Crippen LogP contribution < -0.4 is 0 Å². The van der Waals surface area contributed by atoms with Gasteiger partial charge in [-0.15, -0.1) is 0 Å². The Labute approximate surface area is 134 Å². The van der Waals surface area contributed by atoms with Gasteiger partial charge in [-0.2, -0.15) is 0 Å². The van der Waals surface area contributed by atoms with Gasteiger partial charge in [-0.1, -0.05) is 67.1 Å². The molecule has 22 heavy (non-hydrogen) atoms. The van der Waals surface area contributed by atoms with Crippen LogP contribution in [0.3, 0.4) is 0 Å². The molecule has 0 bridgehead atoms. The Morgan fingerprint density at radius 3 is 2.27 bits per heavy atom. The first kappa shape index (κ1) is 15.3.